The fourth-order valence-corrected chi connectivity index (χ4v) is 3.14. The highest BCUT2D eigenvalue weighted by Gasteiger charge is 2.19. The third-order valence-electron chi connectivity index (χ3n) is 3.45. The molecule has 1 heterocycles. The van der Waals surface area contributed by atoms with E-state index in [1.54, 1.807) is 12.3 Å². The lowest BCUT2D eigenvalue weighted by atomic mass is 10.1. The Kier molecular flexibility index (Phi) is 6.23. The second kappa shape index (κ2) is 7.24. The van der Waals surface area contributed by atoms with Crippen molar-refractivity contribution in [2.45, 2.75) is 51.6 Å². The number of sulfonamides is 1. The Morgan fingerprint density at radius 3 is 2.45 bits per heavy atom. The van der Waals surface area contributed by atoms with Crippen LogP contribution < -0.4 is 10.0 Å². The zero-order valence-corrected chi connectivity index (χ0v) is 13.9. The Hall–Kier alpha value is -0.850. The summed E-state index contributed by atoms with van der Waals surface area (Å²) in [6, 6.07) is 1.98. The van der Waals surface area contributed by atoms with Crippen molar-refractivity contribution in [3.63, 3.8) is 0 Å². The largest absolute Gasteiger partial charge is 0.346 e. The Morgan fingerprint density at radius 2 is 1.95 bits per heavy atom. The molecular weight excluding hydrogens is 274 g/mol. The maximum Gasteiger partial charge on any atom is 0.242 e. The second-order valence-electron chi connectivity index (χ2n) is 5.56. The van der Waals surface area contributed by atoms with Gasteiger partial charge in [0.15, 0.2) is 0 Å². The third kappa shape index (κ3) is 4.33. The van der Waals surface area contributed by atoms with Crippen molar-refractivity contribution in [3.8, 4) is 0 Å². The monoisotopic (exact) mass is 301 g/mol. The first-order valence-corrected chi connectivity index (χ1v) is 8.65. The van der Waals surface area contributed by atoms with Crippen LogP contribution in [0.4, 0.5) is 0 Å². The summed E-state index contributed by atoms with van der Waals surface area (Å²) >= 11 is 0. The number of hydrogen-bond donors (Lipinski definition) is 2. The lowest BCUT2D eigenvalue weighted by molar-refractivity contribution is 0.527. The zero-order chi connectivity index (χ0) is 15.3. The van der Waals surface area contributed by atoms with Gasteiger partial charge in [-0.25, -0.2) is 13.1 Å². The molecule has 0 aliphatic carbocycles. The minimum Gasteiger partial charge on any atom is -0.346 e. The van der Waals surface area contributed by atoms with Crippen LogP contribution in [0.1, 0.15) is 45.9 Å². The van der Waals surface area contributed by atoms with Crippen LogP contribution in [0.5, 0.6) is 0 Å². The predicted octanol–water partition coefficient (Wildman–Crippen LogP) is 2.11. The SMILES string of the molecule is CCC(C)CNS(=O)(=O)c1cc(CNC)n(C(C)C)c1. The molecule has 0 radical (unpaired) electrons. The molecule has 6 heteroatoms. The summed E-state index contributed by atoms with van der Waals surface area (Å²) in [5.74, 6) is 0.341. The molecule has 0 saturated heterocycles. The summed E-state index contributed by atoms with van der Waals surface area (Å²) in [6.45, 7) is 9.31. The van der Waals surface area contributed by atoms with Gasteiger partial charge in [-0.2, -0.15) is 0 Å². The fourth-order valence-electron chi connectivity index (χ4n) is 1.93. The van der Waals surface area contributed by atoms with Gasteiger partial charge >= 0.3 is 0 Å². The summed E-state index contributed by atoms with van der Waals surface area (Å²) in [7, 11) is -1.56. The van der Waals surface area contributed by atoms with E-state index in [2.05, 4.69) is 17.0 Å². The highest BCUT2D eigenvalue weighted by molar-refractivity contribution is 7.89. The molecule has 0 aliphatic heterocycles. The van der Waals surface area contributed by atoms with Crippen LogP contribution in [-0.4, -0.2) is 26.6 Å². The Balaban J connectivity index is 2.97. The molecule has 0 fully saturated rings. The molecule has 0 aromatic carbocycles. The summed E-state index contributed by atoms with van der Waals surface area (Å²) in [5.41, 5.74) is 0.978. The van der Waals surface area contributed by atoms with Gasteiger partial charge in [-0.05, 0) is 32.9 Å². The quantitative estimate of drug-likeness (QED) is 0.773. The van der Waals surface area contributed by atoms with Gasteiger partial charge in [-0.15, -0.1) is 0 Å². The molecule has 1 rings (SSSR count). The smallest absolute Gasteiger partial charge is 0.242 e. The van der Waals surface area contributed by atoms with Crippen molar-refractivity contribution in [3.05, 3.63) is 18.0 Å². The second-order valence-corrected chi connectivity index (χ2v) is 7.33. The standard InChI is InChI=1S/C14H27N3O2S/c1-6-12(4)8-16-20(18,19)14-7-13(9-15-5)17(10-14)11(2)3/h7,10-12,15-16H,6,8-9H2,1-5H3. The zero-order valence-electron chi connectivity index (χ0n) is 13.1. The normalized spacial score (nSPS) is 13.9. The van der Waals surface area contributed by atoms with Gasteiger partial charge in [0, 0.05) is 31.0 Å². The van der Waals surface area contributed by atoms with Gasteiger partial charge < -0.3 is 9.88 Å². The molecule has 0 bridgehead atoms. The van der Waals surface area contributed by atoms with Crippen molar-refractivity contribution < 1.29 is 8.42 Å². The first-order valence-electron chi connectivity index (χ1n) is 7.16. The van der Waals surface area contributed by atoms with Crippen molar-refractivity contribution in [1.29, 1.82) is 0 Å². The number of nitrogens with zero attached hydrogens (tertiary/aromatic N) is 1. The minimum absolute atomic E-state index is 0.233. The van der Waals surface area contributed by atoms with E-state index in [0.717, 1.165) is 12.1 Å². The van der Waals surface area contributed by atoms with E-state index in [1.807, 2.05) is 32.4 Å². The average molecular weight is 301 g/mol. The molecule has 0 spiro atoms. The number of hydrogen-bond acceptors (Lipinski definition) is 3. The van der Waals surface area contributed by atoms with Gasteiger partial charge in [0.25, 0.3) is 0 Å². The summed E-state index contributed by atoms with van der Waals surface area (Å²) in [5, 5.41) is 3.07. The molecule has 116 valence electrons. The third-order valence-corrected chi connectivity index (χ3v) is 4.84. The highest BCUT2D eigenvalue weighted by atomic mass is 32.2. The van der Waals surface area contributed by atoms with Crippen molar-refractivity contribution in [2.75, 3.05) is 13.6 Å². The first kappa shape index (κ1) is 17.2. The van der Waals surface area contributed by atoms with Crippen LogP contribution in [-0.2, 0) is 16.6 Å². The molecule has 1 aromatic rings. The molecule has 1 aromatic heterocycles. The van der Waals surface area contributed by atoms with Crippen molar-refractivity contribution in [2.24, 2.45) is 5.92 Å². The molecule has 5 nitrogen and oxygen atoms in total. The van der Waals surface area contributed by atoms with Gasteiger partial charge in [0.2, 0.25) is 10.0 Å². The van der Waals surface area contributed by atoms with E-state index >= 15 is 0 Å². The topological polar surface area (TPSA) is 63.1 Å². The lowest BCUT2D eigenvalue weighted by Gasteiger charge is -2.12. The molecule has 1 unspecified atom stereocenters. The van der Waals surface area contributed by atoms with Crippen LogP contribution in [0.15, 0.2) is 17.2 Å². The molecule has 2 N–H and O–H groups in total. The molecule has 0 saturated carbocycles. The van der Waals surface area contributed by atoms with E-state index in [9.17, 15) is 8.42 Å². The molecule has 1 atom stereocenters. The van der Waals surface area contributed by atoms with E-state index < -0.39 is 10.0 Å². The van der Waals surface area contributed by atoms with Gasteiger partial charge in [-0.3, -0.25) is 0 Å². The van der Waals surface area contributed by atoms with Crippen LogP contribution in [0.2, 0.25) is 0 Å². The summed E-state index contributed by atoms with van der Waals surface area (Å²) < 4.78 is 29.3. The van der Waals surface area contributed by atoms with Crippen LogP contribution in [0.25, 0.3) is 0 Å². The predicted molar refractivity (Wildman–Crippen MR) is 82.2 cm³/mol. The number of aromatic nitrogens is 1. The van der Waals surface area contributed by atoms with Gasteiger partial charge in [0.05, 0.1) is 4.90 Å². The summed E-state index contributed by atoms with van der Waals surface area (Å²) in [4.78, 5) is 0.347. The van der Waals surface area contributed by atoms with E-state index in [-0.39, 0.29) is 6.04 Å². The minimum atomic E-state index is -3.42. The van der Waals surface area contributed by atoms with Gasteiger partial charge in [0.1, 0.15) is 0 Å². The Bertz CT molecular complexity index is 521. The Labute approximate surface area is 122 Å². The van der Waals surface area contributed by atoms with E-state index in [1.165, 1.54) is 0 Å². The maximum atomic E-state index is 12.3. The van der Waals surface area contributed by atoms with Crippen molar-refractivity contribution in [1.82, 2.24) is 14.6 Å². The molecular formula is C14H27N3O2S. The summed E-state index contributed by atoms with van der Waals surface area (Å²) in [6.07, 6.45) is 2.68. The highest BCUT2D eigenvalue weighted by Crippen LogP contribution is 2.19. The molecule has 20 heavy (non-hydrogen) atoms. The van der Waals surface area contributed by atoms with E-state index in [4.69, 9.17) is 0 Å². The van der Waals surface area contributed by atoms with E-state index in [0.29, 0.717) is 23.9 Å². The van der Waals surface area contributed by atoms with Crippen LogP contribution >= 0.6 is 0 Å². The molecule has 0 aliphatic rings. The number of rotatable bonds is 8. The first-order chi connectivity index (χ1) is 9.31. The van der Waals surface area contributed by atoms with Crippen molar-refractivity contribution >= 4 is 10.0 Å². The maximum absolute atomic E-state index is 12.3. The van der Waals surface area contributed by atoms with Crippen LogP contribution in [0, 0.1) is 5.92 Å². The Morgan fingerprint density at radius 1 is 1.30 bits per heavy atom. The lowest BCUT2D eigenvalue weighted by Crippen LogP contribution is -2.28. The number of nitrogens with one attached hydrogen (secondary N) is 2. The van der Waals surface area contributed by atoms with Gasteiger partial charge in [-0.1, -0.05) is 20.3 Å². The van der Waals surface area contributed by atoms with Crippen LogP contribution in [0.3, 0.4) is 0 Å². The fraction of sp³-hybridized carbons (Fsp3) is 0.714. The molecule has 0 amide bonds. The average Bonchev–Trinajstić information content (AvgIpc) is 2.81.